The van der Waals surface area contributed by atoms with Crippen molar-refractivity contribution in [2.45, 2.75) is 166 Å². The van der Waals surface area contributed by atoms with Crippen LogP contribution in [0.1, 0.15) is 104 Å². The lowest BCUT2D eigenvalue weighted by molar-refractivity contribution is -0.140. The van der Waals surface area contributed by atoms with Crippen LogP contribution >= 0.6 is 0 Å². The molecule has 23 N–H and O–H groups in total. The number of aliphatic hydroxyl groups is 1. The lowest BCUT2D eigenvalue weighted by Gasteiger charge is -2.27. The Labute approximate surface area is 550 Å². The summed E-state index contributed by atoms with van der Waals surface area (Å²) in [6.45, 7) is 7.04. The van der Waals surface area contributed by atoms with Gasteiger partial charge in [0, 0.05) is 32.4 Å². The van der Waals surface area contributed by atoms with E-state index in [0.717, 1.165) is 0 Å². The molecule has 10 unspecified atom stereocenters. The minimum Gasteiger partial charge on any atom is -0.508 e. The molecule has 0 bridgehead atoms. The zero-order valence-electron chi connectivity index (χ0n) is 54.3. The van der Waals surface area contributed by atoms with Crippen LogP contribution in [-0.4, -0.2) is 204 Å². The maximum absolute atomic E-state index is 14.5. The molecular weight excluding hydrogens is 1240 g/mol. The summed E-state index contributed by atoms with van der Waals surface area (Å²) in [5.41, 5.74) is 28.7. The van der Waals surface area contributed by atoms with Gasteiger partial charge in [0.15, 0.2) is 5.96 Å². The first kappa shape index (κ1) is 79.2. The number of primary amides is 2. The molecule has 2 aromatic rings. The molecule has 2 aromatic carbocycles. The van der Waals surface area contributed by atoms with Gasteiger partial charge in [0.1, 0.15) is 60.1 Å². The van der Waals surface area contributed by atoms with E-state index >= 15 is 0 Å². The smallest absolute Gasteiger partial charge is 0.245 e. The van der Waals surface area contributed by atoms with E-state index in [9.17, 15) is 77.3 Å². The molecule has 95 heavy (non-hydrogen) atoms. The van der Waals surface area contributed by atoms with Crippen molar-refractivity contribution in [2.24, 2.45) is 45.5 Å². The average molecular weight is 1340 g/mol. The fourth-order valence-electron chi connectivity index (χ4n) is 9.75. The van der Waals surface area contributed by atoms with Crippen molar-refractivity contribution in [1.82, 2.24) is 63.4 Å². The summed E-state index contributed by atoms with van der Waals surface area (Å²) in [4.78, 5) is 192. The summed E-state index contributed by atoms with van der Waals surface area (Å²) in [7, 11) is 0. The quantitative estimate of drug-likeness (QED) is 0.0168. The number of phenols is 1. The van der Waals surface area contributed by atoms with Crippen molar-refractivity contribution in [3.05, 3.63) is 65.7 Å². The van der Waals surface area contributed by atoms with Gasteiger partial charge in [0.25, 0.3) is 0 Å². The van der Waals surface area contributed by atoms with Gasteiger partial charge in [-0.15, -0.1) is 0 Å². The van der Waals surface area contributed by atoms with Crippen molar-refractivity contribution in [1.29, 1.82) is 0 Å². The number of phenolic OH excluding ortho intramolecular Hbond substituents is 1. The number of nitrogens with two attached hydrogens (primary N) is 5. The predicted molar refractivity (Wildman–Crippen MR) is 344 cm³/mol. The molecule has 0 aromatic heterocycles. The van der Waals surface area contributed by atoms with Gasteiger partial charge in [-0.25, -0.2) is 0 Å². The Balaban J connectivity index is 1.81. The molecule has 34 heteroatoms. The number of aromatic hydroxyl groups is 1. The number of carbonyl (C=O) groups is 14. The minimum absolute atomic E-state index is 0.000101. The second-order valence-electron chi connectivity index (χ2n) is 23.8. The van der Waals surface area contributed by atoms with Crippen LogP contribution in [0.15, 0.2) is 59.6 Å². The Morgan fingerprint density at radius 2 is 1.00 bits per heavy atom. The first-order chi connectivity index (χ1) is 44.8. The van der Waals surface area contributed by atoms with Crippen LogP contribution in [0, 0.1) is 11.8 Å². The average Bonchev–Trinajstić information content (AvgIpc) is 1.77. The highest BCUT2D eigenvalue weighted by Gasteiger charge is 2.38. The van der Waals surface area contributed by atoms with E-state index in [1.807, 2.05) is 13.8 Å². The van der Waals surface area contributed by atoms with Crippen LogP contribution < -0.4 is 87.2 Å². The fraction of sp³-hybridized carbons (Fsp3) is 0.557. The number of aliphatic hydroxyl groups excluding tert-OH is 1. The third kappa shape index (κ3) is 29.2. The molecule has 1 saturated heterocycles. The Morgan fingerprint density at radius 1 is 0.537 bits per heavy atom. The minimum atomic E-state index is -1.60. The summed E-state index contributed by atoms with van der Waals surface area (Å²) >= 11 is 0. The molecule has 3 rings (SSSR count). The van der Waals surface area contributed by atoms with Crippen LogP contribution in [0.5, 0.6) is 5.75 Å². The van der Waals surface area contributed by atoms with Gasteiger partial charge >= 0.3 is 0 Å². The number of amides is 14. The van der Waals surface area contributed by atoms with E-state index in [1.165, 1.54) is 43.0 Å². The SMILES string of the molecule is CC(C)CC(NC(=O)CNC(=O)C(Cc1ccccc1)NC(=O)CNC(=O)C(Cc1ccc(O)cc1)NC(=O)C(CC(C)C)NC(=O)C(CCCN=C(N)N)NC(=O)C(CCC(N)=O)NC(=O)C(C)NC(=O)CNC(=O)C(CO)NC(=O)C1CCCN1C(=O)C(C)N)C(N)=O. The summed E-state index contributed by atoms with van der Waals surface area (Å²) in [6, 6.07) is 1.05. The van der Waals surface area contributed by atoms with Gasteiger partial charge in [-0.2, -0.15) is 0 Å². The van der Waals surface area contributed by atoms with Crippen LogP contribution in [-0.2, 0) is 80.0 Å². The van der Waals surface area contributed by atoms with Crippen molar-refractivity contribution in [2.75, 3.05) is 39.3 Å². The largest absolute Gasteiger partial charge is 0.508 e. The summed E-state index contributed by atoms with van der Waals surface area (Å²) in [5, 5.41) is 47.1. The number of rotatable bonds is 40. The number of hydrogen-bond acceptors (Lipinski definition) is 18. The van der Waals surface area contributed by atoms with Gasteiger partial charge in [-0.3, -0.25) is 72.1 Å². The third-order valence-electron chi connectivity index (χ3n) is 14.6. The van der Waals surface area contributed by atoms with E-state index in [2.05, 4.69) is 63.5 Å². The first-order valence-corrected chi connectivity index (χ1v) is 31.1. The zero-order valence-corrected chi connectivity index (χ0v) is 54.3. The van der Waals surface area contributed by atoms with Gasteiger partial charge in [-0.05, 0) is 93.9 Å². The first-order valence-electron chi connectivity index (χ1n) is 31.1. The zero-order chi connectivity index (χ0) is 71.1. The number of aliphatic imine (C=N–C) groups is 1. The number of carbonyl (C=O) groups excluding carboxylic acids is 14. The molecule has 524 valence electrons. The molecule has 0 radical (unpaired) electrons. The van der Waals surface area contributed by atoms with Gasteiger partial charge in [0.2, 0.25) is 82.7 Å². The fourth-order valence-corrected chi connectivity index (χ4v) is 9.75. The number of benzene rings is 2. The van der Waals surface area contributed by atoms with E-state index in [1.54, 1.807) is 44.2 Å². The summed E-state index contributed by atoms with van der Waals surface area (Å²) in [5.74, 6) is -12.6. The van der Waals surface area contributed by atoms with Crippen molar-refractivity contribution in [3.8, 4) is 5.75 Å². The Bertz CT molecular complexity index is 3020. The number of nitrogens with one attached hydrogen (secondary N) is 11. The van der Waals surface area contributed by atoms with Crippen LogP contribution in [0.3, 0.4) is 0 Å². The molecule has 0 saturated carbocycles. The van der Waals surface area contributed by atoms with Gasteiger partial charge in [0.05, 0.1) is 32.3 Å². The van der Waals surface area contributed by atoms with Gasteiger partial charge < -0.3 is 102 Å². The summed E-state index contributed by atoms with van der Waals surface area (Å²) < 4.78 is 0. The highest BCUT2D eigenvalue weighted by Crippen LogP contribution is 2.19. The molecule has 0 spiro atoms. The topological polar surface area (TPSA) is 557 Å². The number of likely N-dealkylation sites (tertiary alicyclic amines) is 1. The number of guanidine groups is 1. The van der Waals surface area contributed by atoms with E-state index in [4.69, 9.17) is 28.7 Å². The monoisotopic (exact) mass is 1330 g/mol. The molecule has 0 aliphatic carbocycles. The third-order valence-corrected chi connectivity index (χ3v) is 14.6. The normalized spacial score (nSPS) is 15.4. The molecule has 14 amide bonds. The van der Waals surface area contributed by atoms with E-state index in [0.29, 0.717) is 17.5 Å². The van der Waals surface area contributed by atoms with Crippen LogP contribution in [0.4, 0.5) is 0 Å². The maximum atomic E-state index is 14.5. The van der Waals surface area contributed by atoms with Crippen molar-refractivity contribution < 1.29 is 77.3 Å². The Kier molecular flexibility index (Phi) is 33.5. The lowest BCUT2D eigenvalue weighted by Crippen LogP contribution is -2.59. The highest BCUT2D eigenvalue weighted by atomic mass is 16.3. The predicted octanol–water partition coefficient (Wildman–Crippen LogP) is -6.35. The van der Waals surface area contributed by atoms with E-state index in [-0.39, 0.29) is 81.6 Å². The van der Waals surface area contributed by atoms with E-state index < -0.39 is 182 Å². The molecule has 1 aliphatic heterocycles. The number of nitrogens with zero attached hydrogens (tertiary/aromatic N) is 2. The lowest BCUT2D eigenvalue weighted by atomic mass is 10.00. The second-order valence-corrected chi connectivity index (χ2v) is 23.8. The molecule has 10 atom stereocenters. The van der Waals surface area contributed by atoms with Crippen molar-refractivity contribution >= 4 is 88.7 Å². The van der Waals surface area contributed by atoms with Gasteiger partial charge in [-0.1, -0.05) is 70.2 Å². The standard InChI is InChI=1S/C61H94N18O16/c1-32(2)24-41(51(64)86)72-49(84)29-68-53(88)43(26-36-12-8-7-9-13-36)73-50(85)30-69-54(89)44(27-37-16-18-38(81)19-17-37)77-58(93)42(25-33(3)4)76-56(91)39(14-10-22-67-61(65)66)75-57(92)40(20-21-47(63)82)74-52(87)35(6)71-48(83)28-70-55(90)45(31-80)78-59(94)46-15-11-23-79(46)60(95)34(5)62/h7-9,12-13,16-19,32-35,39-46,80-81H,10-11,14-15,20-31,62H2,1-6H3,(H2,63,82)(H2,64,86)(H,68,88)(H,69,89)(H,70,90)(H,71,83)(H,72,84)(H,73,85)(H,74,87)(H,75,92)(H,76,91)(H,77,93)(H,78,94)(H4,65,66,67). The Morgan fingerprint density at radius 3 is 1.52 bits per heavy atom. The molecule has 1 heterocycles. The second kappa shape index (κ2) is 40.2. The maximum Gasteiger partial charge on any atom is 0.245 e. The molecule has 1 aliphatic rings. The summed E-state index contributed by atoms with van der Waals surface area (Å²) in [6.07, 6.45) is -0.374. The Hall–Kier alpha value is -9.99. The molecule has 1 fully saturated rings. The van der Waals surface area contributed by atoms with Crippen molar-refractivity contribution in [3.63, 3.8) is 0 Å². The van der Waals surface area contributed by atoms with Crippen LogP contribution in [0.25, 0.3) is 0 Å². The van der Waals surface area contributed by atoms with Crippen LogP contribution in [0.2, 0.25) is 0 Å². The number of hydrogen-bond donors (Lipinski definition) is 18. The highest BCUT2D eigenvalue weighted by molar-refractivity contribution is 5.99. The molecular formula is C61H94N18O16. The molecule has 34 nitrogen and oxygen atoms in total.